The van der Waals surface area contributed by atoms with E-state index in [1.54, 1.807) is 0 Å². The summed E-state index contributed by atoms with van der Waals surface area (Å²) in [5, 5.41) is 0. The molecule has 0 aliphatic heterocycles. The van der Waals surface area contributed by atoms with Crippen LogP contribution in [0.4, 0.5) is 0 Å². The molecule has 0 saturated heterocycles. The number of hydrogen-bond acceptors (Lipinski definition) is 5. The van der Waals surface area contributed by atoms with Gasteiger partial charge in [0.1, 0.15) is 0 Å². The third kappa shape index (κ3) is 922. The van der Waals surface area contributed by atoms with Crippen molar-refractivity contribution >= 4 is 27.0 Å². The normalized spacial score (nSPS) is 9.29. The Morgan fingerprint density at radius 3 is 1.29 bits per heavy atom. The van der Waals surface area contributed by atoms with E-state index in [9.17, 15) is 0 Å². The average Bonchev–Trinajstić information content (AvgIpc) is 1.36. The molecular weight excluding hydrogens is 139 g/mol. The molecule has 0 amide bonds. The van der Waals surface area contributed by atoms with Crippen molar-refractivity contribution < 1.29 is 21.7 Å². The van der Waals surface area contributed by atoms with E-state index in [-0.39, 0.29) is 0 Å². The van der Waals surface area contributed by atoms with Gasteiger partial charge in [-0.1, -0.05) is 0 Å². The van der Waals surface area contributed by atoms with Gasteiger partial charge in [-0.2, -0.15) is 0 Å². The molecular formula is HAlO5S. The fraction of sp³-hybridized carbons (Fsp3) is 0. The fourth-order valence-corrected chi connectivity index (χ4v) is 0. The molecule has 0 heterocycles. The van der Waals surface area contributed by atoms with Crippen molar-refractivity contribution in [1.82, 2.24) is 0 Å². The Bertz CT molecular complexity index is 91.2. The molecule has 0 atom stereocenters. The molecule has 1 N–H and O–H groups in total. The van der Waals surface area contributed by atoms with Crippen molar-refractivity contribution in [2.24, 2.45) is 0 Å². The van der Waals surface area contributed by atoms with Gasteiger partial charge in [-0.3, -0.25) is 8.42 Å². The van der Waals surface area contributed by atoms with E-state index in [4.69, 9.17) is 21.7 Å². The van der Waals surface area contributed by atoms with Gasteiger partial charge in [0.05, 0.1) is 0 Å². The standard InChI is InChI=1S/Al.H2O4S.H2O/c;1-5(2,3)4;/h;(H2,1,2,3,4);1H2/q+3;;/p-3. The van der Waals surface area contributed by atoms with Crippen molar-refractivity contribution in [3.63, 3.8) is 0 Å². The minimum absolute atomic E-state index is 1.42. The summed E-state index contributed by atoms with van der Waals surface area (Å²) >= 11 is 1.42. The van der Waals surface area contributed by atoms with Gasteiger partial charge in [0.2, 0.25) is 0 Å². The summed E-state index contributed by atoms with van der Waals surface area (Å²) in [5.41, 5.74) is 0. The van der Waals surface area contributed by atoms with Crippen molar-refractivity contribution in [2.75, 3.05) is 0 Å². The zero-order chi connectivity index (χ0) is 6.50. The molecule has 5 nitrogen and oxygen atoms in total. The minimum atomic E-state index is -5.17. The van der Waals surface area contributed by atoms with E-state index in [0.717, 1.165) is 0 Å². The van der Waals surface area contributed by atoms with E-state index in [2.05, 4.69) is 0 Å². The Morgan fingerprint density at radius 1 is 1.29 bits per heavy atom. The molecule has 0 aromatic heterocycles. The summed E-state index contributed by atoms with van der Waals surface area (Å²) in [5.74, 6) is 0. The van der Waals surface area contributed by atoms with Gasteiger partial charge >= 0.3 is 20.8 Å². The van der Waals surface area contributed by atoms with Crippen LogP contribution >= 0.6 is 0 Å². The van der Waals surface area contributed by atoms with Crippen LogP contribution in [0.5, 0.6) is 0 Å². The molecule has 7 heavy (non-hydrogen) atoms. The SMILES string of the molecule is O=S(=O)([O-])[O-].[OH][Al+2]. The monoisotopic (exact) mass is 140 g/mol. The first-order valence-electron chi connectivity index (χ1n) is 0.925. The van der Waals surface area contributed by atoms with Crippen LogP contribution in [0.25, 0.3) is 0 Å². The maximum atomic E-state index is 8.52. The van der Waals surface area contributed by atoms with E-state index >= 15 is 0 Å². The predicted octanol–water partition coefficient (Wildman–Crippen LogP) is -2.28. The van der Waals surface area contributed by atoms with E-state index < -0.39 is 10.4 Å². The van der Waals surface area contributed by atoms with Gasteiger partial charge in [0.15, 0.2) is 0 Å². The molecule has 0 saturated carbocycles. The summed E-state index contributed by atoms with van der Waals surface area (Å²) in [4.78, 5) is 0. The van der Waals surface area contributed by atoms with Gasteiger partial charge < -0.3 is 9.11 Å². The zero-order valence-corrected chi connectivity index (χ0v) is 5.04. The van der Waals surface area contributed by atoms with Gasteiger partial charge in [0.25, 0.3) is 0 Å². The summed E-state index contributed by atoms with van der Waals surface area (Å²) in [6.07, 6.45) is 0. The van der Waals surface area contributed by atoms with Crippen LogP contribution in [-0.4, -0.2) is 38.3 Å². The molecule has 0 aromatic carbocycles. The molecule has 0 spiro atoms. The van der Waals surface area contributed by atoms with Gasteiger partial charge in [-0.05, 0) is 0 Å². The second-order valence-corrected chi connectivity index (χ2v) is 1.22. The molecule has 0 rings (SSSR count). The van der Waals surface area contributed by atoms with E-state index in [1.807, 2.05) is 0 Å². The summed E-state index contributed by atoms with van der Waals surface area (Å²) in [6, 6.07) is 0. The summed E-state index contributed by atoms with van der Waals surface area (Å²) in [6.45, 7) is 0. The second-order valence-electron chi connectivity index (χ2n) is 0.408. The van der Waals surface area contributed by atoms with Crippen molar-refractivity contribution in [3.05, 3.63) is 0 Å². The average molecular weight is 140 g/mol. The first-order valence-corrected chi connectivity index (χ1v) is 2.77. The van der Waals surface area contributed by atoms with Gasteiger partial charge in [-0.15, -0.1) is 0 Å². The zero-order valence-electron chi connectivity index (χ0n) is 3.07. The molecule has 0 aromatic rings. The van der Waals surface area contributed by atoms with Crippen molar-refractivity contribution in [1.29, 1.82) is 0 Å². The molecule has 40 valence electrons. The van der Waals surface area contributed by atoms with Crippen LogP contribution in [0.2, 0.25) is 0 Å². The molecule has 0 bridgehead atoms. The number of rotatable bonds is 0. The maximum absolute atomic E-state index is 8.52. The van der Waals surface area contributed by atoms with Crippen molar-refractivity contribution in [2.45, 2.75) is 0 Å². The first kappa shape index (κ1) is 10.4. The van der Waals surface area contributed by atoms with Crippen molar-refractivity contribution in [3.8, 4) is 0 Å². The Balaban J connectivity index is 0. The second kappa shape index (κ2) is 4.52. The van der Waals surface area contributed by atoms with E-state index in [1.165, 1.54) is 16.6 Å². The molecule has 0 radical (unpaired) electrons. The fourth-order valence-electron chi connectivity index (χ4n) is 0. The van der Waals surface area contributed by atoms with Crippen LogP contribution in [0.1, 0.15) is 0 Å². The van der Waals surface area contributed by atoms with Crippen LogP contribution in [0.3, 0.4) is 0 Å². The first-order chi connectivity index (χ1) is 3.00. The Labute approximate surface area is 49.3 Å². The molecule has 0 aliphatic carbocycles. The van der Waals surface area contributed by atoms with Crippen LogP contribution in [0.15, 0.2) is 0 Å². The van der Waals surface area contributed by atoms with Gasteiger partial charge in [0, 0.05) is 10.4 Å². The quantitative estimate of drug-likeness (QED) is 0.232. The molecule has 0 unspecified atom stereocenters. The van der Waals surface area contributed by atoms with Crippen LogP contribution in [0, 0.1) is 0 Å². The number of hydrogen-bond donors (Lipinski definition) is 1. The Kier molecular flexibility index (Phi) is 6.69. The van der Waals surface area contributed by atoms with Crippen LogP contribution < -0.4 is 0 Å². The Hall–Kier alpha value is 0.362. The van der Waals surface area contributed by atoms with Crippen LogP contribution in [-0.2, 0) is 10.4 Å². The molecule has 0 aliphatic rings. The Morgan fingerprint density at radius 2 is 1.29 bits per heavy atom. The van der Waals surface area contributed by atoms with Gasteiger partial charge in [-0.25, -0.2) is 0 Å². The third-order valence-corrected chi connectivity index (χ3v) is 0. The summed E-state index contributed by atoms with van der Waals surface area (Å²) < 4.78 is 41.0. The predicted molar refractivity (Wildman–Crippen MR) is 18.4 cm³/mol. The molecule has 7 heteroatoms. The summed E-state index contributed by atoms with van der Waals surface area (Å²) in [7, 11) is -5.17. The third-order valence-electron chi connectivity index (χ3n) is 0. The molecule has 0 fully saturated rings. The topological polar surface area (TPSA) is 100 Å². The van der Waals surface area contributed by atoms with E-state index in [0.29, 0.717) is 0 Å².